The summed E-state index contributed by atoms with van der Waals surface area (Å²) in [6, 6.07) is 1.97. The summed E-state index contributed by atoms with van der Waals surface area (Å²) >= 11 is 0. The van der Waals surface area contributed by atoms with Gasteiger partial charge in [-0.05, 0) is 36.5 Å². The van der Waals surface area contributed by atoms with E-state index >= 15 is 0 Å². The van der Waals surface area contributed by atoms with E-state index in [1.165, 1.54) is 11.1 Å². The molecule has 0 unspecified atom stereocenters. The number of hydrogen-bond donors (Lipinski definition) is 0. The van der Waals surface area contributed by atoms with Gasteiger partial charge in [0.05, 0.1) is 7.11 Å². The first-order valence-electron chi connectivity index (χ1n) is 5.36. The van der Waals surface area contributed by atoms with Crippen LogP contribution in [0.25, 0.3) is 0 Å². The molecule has 0 bridgehead atoms. The van der Waals surface area contributed by atoms with Crippen molar-refractivity contribution in [1.29, 1.82) is 0 Å². The fourth-order valence-corrected chi connectivity index (χ4v) is 2.44. The van der Waals surface area contributed by atoms with Gasteiger partial charge in [-0.1, -0.05) is 0 Å². The highest BCUT2D eigenvalue weighted by Crippen LogP contribution is 2.41. The second-order valence-electron chi connectivity index (χ2n) is 4.02. The summed E-state index contributed by atoms with van der Waals surface area (Å²) in [5.74, 6) is 1.17. The first-order chi connectivity index (χ1) is 7.79. The Bertz CT molecular complexity index is 465. The maximum absolute atomic E-state index is 11.1. The van der Waals surface area contributed by atoms with Crippen molar-refractivity contribution in [2.75, 3.05) is 7.11 Å². The summed E-state index contributed by atoms with van der Waals surface area (Å²) in [6.07, 6.45) is 2.59. The SMILES string of the molecule is COc1cc2c(c3c1OC(=O)OC3)CCC2. The van der Waals surface area contributed by atoms with Gasteiger partial charge < -0.3 is 14.2 Å². The topological polar surface area (TPSA) is 44.8 Å². The first-order valence-corrected chi connectivity index (χ1v) is 5.36. The number of benzene rings is 1. The van der Waals surface area contributed by atoms with E-state index in [1.807, 2.05) is 6.07 Å². The molecule has 1 heterocycles. The van der Waals surface area contributed by atoms with E-state index in [0.29, 0.717) is 18.1 Å². The molecule has 1 aliphatic carbocycles. The van der Waals surface area contributed by atoms with Crippen LogP contribution in [0.3, 0.4) is 0 Å². The van der Waals surface area contributed by atoms with Gasteiger partial charge in [-0.15, -0.1) is 0 Å². The van der Waals surface area contributed by atoms with Crippen LogP contribution in [0.5, 0.6) is 11.5 Å². The number of ether oxygens (including phenoxy) is 3. The lowest BCUT2D eigenvalue weighted by atomic mass is 10.0. The zero-order valence-electron chi connectivity index (χ0n) is 9.04. The second kappa shape index (κ2) is 3.40. The third-order valence-corrected chi connectivity index (χ3v) is 3.17. The Balaban J connectivity index is 2.20. The fourth-order valence-electron chi connectivity index (χ4n) is 2.44. The highest BCUT2D eigenvalue weighted by atomic mass is 16.7. The van der Waals surface area contributed by atoms with Crippen LogP contribution < -0.4 is 9.47 Å². The van der Waals surface area contributed by atoms with Crippen LogP contribution in [-0.4, -0.2) is 13.3 Å². The van der Waals surface area contributed by atoms with E-state index in [9.17, 15) is 4.79 Å². The molecule has 4 heteroatoms. The minimum Gasteiger partial charge on any atom is -0.493 e. The maximum Gasteiger partial charge on any atom is 0.514 e. The summed E-state index contributed by atoms with van der Waals surface area (Å²) in [7, 11) is 1.58. The Morgan fingerprint density at radius 3 is 3.00 bits per heavy atom. The van der Waals surface area contributed by atoms with Crippen LogP contribution in [0.2, 0.25) is 0 Å². The molecule has 0 saturated heterocycles. The minimum absolute atomic E-state index is 0.299. The average Bonchev–Trinajstić information content (AvgIpc) is 2.75. The van der Waals surface area contributed by atoms with Crippen molar-refractivity contribution in [3.63, 3.8) is 0 Å². The molecule has 0 atom stereocenters. The minimum atomic E-state index is -0.649. The number of carbonyl (C=O) groups excluding carboxylic acids is 1. The Morgan fingerprint density at radius 1 is 1.31 bits per heavy atom. The lowest BCUT2D eigenvalue weighted by Crippen LogP contribution is -2.19. The summed E-state index contributed by atoms with van der Waals surface area (Å²) in [5.41, 5.74) is 3.53. The quantitative estimate of drug-likeness (QED) is 0.537. The van der Waals surface area contributed by atoms with Gasteiger partial charge in [0, 0.05) is 5.56 Å². The Morgan fingerprint density at radius 2 is 2.19 bits per heavy atom. The summed E-state index contributed by atoms with van der Waals surface area (Å²) in [5, 5.41) is 0. The van der Waals surface area contributed by atoms with Crippen molar-refractivity contribution < 1.29 is 19.0 Å². The van der Waals surface area contributed by atoms with E-state index < -0.39 is 6.16 Å². The van der Waals surface area contributed by atoms with Gasteiger partial charge in [0.25, 0.3) is 0 Å². The molecule has 1 aromatic rings. The number of aryl methyl sites for hydroxylation is 1. The van der Waals surface area contributed by atoms with Crippen LogP contribution >= 0.6 is 0 Å². The van der Waals surface area contributed by atoms with Gasteiger partial charge >= 0.3 is 6.16 Å². The number of cyclic esters (lactones) is 1. The van der Waals surface area contributed by atoms with Gasteiger partial charge in [-0.25, -0.2) is 4.79 Å². The number of methoxy groups -OCH3 is 1. The Labute approximate surface area is 93.1 Å². The molecular weight excluding hydrogens is 208 g/mol. The van der Waals surface area contributed by atoms with Crippen molar-refractivity contribution in [2.24, 2.45) is 0 Å². The smallest absolute Gasteiger partial charge is 0.493 e. The Kier molecular flexibility index (Phi) is 2.02. The molecule has 0 radical (unpaired) electrons. The zero-order valence-corrected chi connectivity index (χ0v) is 9.04. The fraction of sp³-hybridized carbons (Fsp3) is 0.417. The maximum atomic E-state index is 11.1. The standard InChI is InChI=1S/C12H12O4/c1-14-10-5-7-3-2-4-8(7)9-6-15-12(13)16-11(9)10/h5H,2-4,6H2,1H3. The molecule has 0 N–H and O–H groups in total. The number of rotatable bonds is 1. The summed E-state index contributed by atoms with van der Waals surface area (Å²) in [4.78, 5) is 11.1. The molecule has 0 saturated carbocycles. The molecule has 0 spiro atoms. The predicted octanol–water partition coefficient (Wildman–Crippen LogP) is 2.21. The van der Waals surface area contributed by atoms with Crippen LogP contribution in [0, 0.1) is 0 Å². The van der Waals surface area contributed by atoms with E-state index in [-0.39, 0.29) is 0 Å². The van der Waals surface area contributed by atoms with Crippen molar-refractivity contribution >= 4 is 6.16 Å². The lowest BCUT2D eigenvalue weighted by molar-refractivity contribution is 0.0765. The van der Waals surface area contributed by atoms with Gasteiger partial charge in [-0.3, -0.25) is 0 Å². The first kappa shape index (κ1) is 9.51. The molecule has 84 valence electrons. The zero-order chi connectivity index (χ0) is 11.1. The molecule has 1 aromatic carbocycles. The lowest BCUT2D eigenvalue weighted by Gasteiger charge is -2.21. The monoisotopic (exact) mass is 220 g/mol. The predicted molar refractivity (Wildman–Crippen MR) is 55.8 cm³/mol. The summed E-state index contributed by atoms with van der Waals surface area (Å²) in [6.45, 7) is 0.299. The normalized spacial score (nSPS) is 17.2. The Hall–Kier alpha value is -1.71. The second-order valence-corrected chi connectivity index (χ2v) is 4.02. The number of carbonyl (C=O) groups is 1. The van der Waals surface area contributed by atoms with Crippen LogP contribution in [0.15, 0.2) is 6.07 Å². The van der Waals surface area contributed by atoms with Gasteiger partial charge in [-0.2, -0.15) is 0 Å². The molecule has 16 heavy (non-hydrogen) atoms. The molecule has 3 rings (SSSR count). The van der Waals surface area contributed by atoms with Crippen LogP contribution in [-0.2, 0) is 24.2 Å². The molecule has 0 aromatic heterocycles. The third kappa shape index (κ3) is 1.26. The van der Waals surface area contributed by atoms with E-state index in [0.717, 1.165) is 24.8 Å². The van der Waals surface area contributed by atoms with E-state index in [2.05, 4.69) is 0 Å². The summed E-state index contributed by atoms with van der Waals surface area (Å²) < 4.78 is 15.3. The van der Waals surface area contributed by atoms with Crippen LogP contribution in [0.1, 0.15) is 23.1 Å². The van der Waals surface area contributed by atoms with Gasteiger partial charge in [0.15, 0.2) is 11.5 Å². The van der Waals surface area contributed by atoms with Crippen LogP contribution in [0.4, 0.5) is 4.79 Å². The molecule has 0 amide bonds. The largest absolute Gasteiger partial charge is 0.514 e. The van der Waals surface area contributed by atoms with Gasteiger partial charge in [0.2, 0.25) is 0 Å². The van der Waals surface area contributed by atoms with Crippen molar-refractivity contribution in [3.8, 4) is 11.5 Å². The molecule has 1 aliphatic heterocycles. The third-order valence-electron chi connectivity index (χ3n) is 3.17. The van der Waals surface area contributed by atoms with Crippen molar-refractivity contribution in [1.82, 2.24) is 0 Å². The molecular formula is C12H12O4. The number of fused-ring (bicyclic) bond motifs is 3. The molecule has 2 aliphatic rings. The van der Waals surface area contributed by atoms with E-state index in [1.54, 1.807) is 7.11 Å². The number of hydrogen-bond acceptors (Lipinski definition) is 4. The van der Waals surface area contributed by atoms with Gasteiger partial charge in [0.1, 0.15) is 6.61 Å². The average molecular weight is 220 g/mol. The van der Waals surface area contributed by atoms with Crippen molar-refractivity contribution in [3.05, 3.63) is 22.8 Å². The molecule has 0 fully saturated rings. The van der Waals surface area contributed by atoms with E-state index in [4.69, 9.17) is 14.2 Å². The highest BCUT2D eigenvalue weighted by Gasteiger charge is 2.28. The van der Waals surface area contributed by atoms with Crippen molar-refractivity contribution in [2.45, 2.75) is 25.9 Å². The molecule has 4 nitrogen and oxygen atoms in total. The highest BCUT2D eigenvalue weighted by molar-refractivity contribution is 5.70.